The van der Waals surface area contributed by atoms with Crippen molar-refractivity contribution in [3.63, 3.8) is 0 Å². The Balaban J connectivity index is 2.82. The number of ether oxygens (including phenoxy) is 1. The number of hydrogen-bond donors (Lipinski definition) is 1. The Morgan fingerprint density at radius 1 is 1.50 bits per heavy atom. The summed E-state index contributed by atoms with van der Waals surface area (Å²) in [5, 5.41) is 0. The Bertz CT molecular complexity index is 535. The van der Waals surface area contributed by atoms with E-state index >= 15 is 0 Å². The fourth-order valence-electron chi connectivity index (χ4n) is 1.29. The Kier molecular flexibility index (Phi) is 4.90. The third-order valence-corrected chi connectivity index (χ3v) is 2.14. The molecule has 0 bridgehead atoms. The van der Waals surface area contributed by atoms with E-state index in [1.807, 2.05) is 0 Å². The van der Waals surface area contributed by atoms with Gasteiger partial charge in [0.05, 0.1) is 18.7 Å². The summed E-state index contributed by atoms with van der Waals surface area (Å²) in [5.74, 6) is -0.488. The van der Waals surface area contributed by atoms with Gasteiger partial charge in [-0.2, -0.15) is 0 Å². The second kappa shape index (κ2) is 6.20. The highest BCUT2D eigenvalue weighted by Gasteiger charge is 2.11. The van der Waals surface area contributed by atoms with Gasteiger partial charge < -0.3 is 9.72 Å². The number of ketones is 1. The van der Waals surface area contributed by atoms with Gasteiger partial charge in [-0.25, -0.2) is 13.6 Å². The zero-order valence-corrected chi connectivity index (χ0v) is 9.61. The molecule has 0 atom stereocenters. The lowest BCUT2D eigenvalue weighted by Gasteiger charge is -2.06. The summed E-state index contributed by atoms with van der Waals surface area (Å²) < 4.78 is 28.9. The first-order valence-corrected chi connectivity index (χ1v) is 5.13. The van der Waals surface area contributed by atoms with E-state index in [0.717, 1.165) is 10.8 Å². The fourth-order valence-corrected chi connectivity index (χ4v) is 1.29. The first-order chi connectivity index (χ1) is 8.43. The molecule has 1 aromatic heterocycles. The van der Waals surface area contributed by atoms with Crippen molar-refractivity contribution >= 4 is 5.78 Å². The van der Waals surface area contributed by atoms with Crippen LogP contribution in [0.4, 0.5) is 8.78 Å². The standard InChI is InChI=1S/C10H12F2N2O4/c1-6(15)7-4-13-10(17)14(9(7)16)2-3-18-5-8(11)12/h4,8H,2-3,5H2,1H3,(H,13,17). The van der Waals surface area contributed by atoms with E-state index < -0.39 is 30.1 Å². The largest absolute Gasteiger partial charge is 0.374 e. The monoisotopic (exact) mass is 262 g/mol. The molecule has 0 unspecified atom stereocenters. The Morgan fingerprint density at radius 2 is 2.17 bits per heavy atom. The minimum absolute atomic E-state index is 0.163. The van der Waals surface area contributed by atoms with Crippen LogP contribution in [0.1, 0.15) is 17.3 Å². The van der Waals surface area contributed by atoms with Crippen molar-refractivity contribution in [2.75, 3.05) is 13.2 Å². The number of alkyl halides is 2. The van der Waals surface area contributed by atoms with E-state index in [4.69, 9.17) is 0 Å². The minimum atomic E-state index is -2.61. The van der Waals surface area contributed by atoms with Crippen LogP contribution >= 0.6 is 0 Å². The van der Waals surface area contributed by atoms with Crippen LogP contribution < -0.4 is 11.2 Å². The molecular formula is C10H12F2N2O4. The maximum absolute atomic E-state index is 11.8. The van der Waals surface area contributed by atoms with Gasteiger partial charge in [-0.15, -0.1) is 0 Å². The predicted octanol–water partition coefficient (Wildman–Crippen LogP) is 0.0209. The molecule has 1 heterocycles. The van der Waals surface area contributed by atoms with Gasteiger partial charge in [0, 0.05) is 6.20 Å². The molecule has 1 aromatic rings. The first kappa shape index (κ1) is 14.2. The van der Waals surface area contributed by atoms with E-state index in [1.54, 1.807) is 0 Å². The molecule has 0 aliphatic carbocycles. The molecular weight excluding hydrogens is 250 g/mol. The second-order valence-electron chi connectivity index (χ2n) is 3.49. The number of aromatic amines is 1. The van der Waals surface area contributed by atoms with Gasteiger partial charge in [0.25, 0.3) is 12.0 Å². The lowest BCUT2D eigenvalue weighted by Crippen LogP contribution is -2.38. The van der Waals surface area contributed by atoms with Crippen LogP contribution in [0.3, 0.4) is 0 Å². The molecule has 1 rings (SSSR count). The topological polar surface area (TPSA) is 81.2 Å². The van der Waals surface area contributed by atoms with Crippen LogP contribution in [0.25, 0.3) is 0 Å². The first-order valence-electron chi connectivity index (χ1n) is 5.13. The molecule has 0 fully saturated rings. The van der Waals surface area contributed by atoms with Crippen LogP contribution in [-0.4, -0.2) is 35.0 Å². The van der Waals surface area contributed by atoms with Crippen molar-refractivity contribution in [1.29, 1.82) is 0 Å². The van der Waals surface area contributed by atoms with Crippen molar-refractivity contribution in [1.82, 2.24) is 9.55 Å². The van der Waals surface area contributed by atoms with Crippen LogP contribution in [0.2, 0.25) is 0 Å². The molecule has 100 valence electrons. The molecule has 0 aliphatic heterocycles. The number of Topliss-reactive ketones (excluding diaryl/α,β-unsaturated/α-hetero) is 1. The third-order valence-electron chi connectivity index (χ3n) is 2.14. The number of halogens is 2. The highest BCUT2D eigenvalue weighted by atomic mass is 19.3. The average molecular weight is 262 g/mol. The highest BCUT2D eigenvalue weighted by molar-refractivity contribution is 5.93. The van der Waals surface area contributed by atoms with E-state index in [-0.39, 0.29) is 18.7 Å². The summed E-state index contributed by atoms with van der Waals surface area (Å²) in [6.07, 6.45) is -1.58. The number of rotatable bonds is 6. The summed E-state index contributed by atoms with van der Waals surface area (Å²) in [6.45, 7) is 0.0163. The summed E-state index contributed by atoms with van der Waals surface area (Å²) in [4.78, 5) is 36.3. The summed E-state index contributed by atoms with van der Waals surface area (Å²) in [6, 6.07) is 0. The van der Waals surface area contributed by atoms with Gasteiger partial charge in [0.1, 0.15) is 6.61 Å². The number of nitrogens with zero attached hydrogens (tertiary/aromatic N) is 1. The smallest absolute Gasteiger partial charge is 0.328 e. The van der Waals surface area contributed by atoms with E-state index in [1.165, 1.54) is 6.92 Å². The number of nitrogens with one attached hydrogen (secondary N) is 1. The highest BCUT2D eigenvalue weighted by Crippen LogP contribution is 1.92. The number of H-pyrrole nitrogens is 1. The predicted molar refractivity (Wildman–Crippen MR) is 58.2 cm³/mol. The van der Waals surface area contributed by atoms with Crippen molar-refractivity contribution in [3.8, 4) is 0 Å². The van der Waals surface area contributed by atoms with Crippen LogP contribution in [0.15, 0.2) is 15.8 Å². The molecule has 0 aliphatic rings. The average Bonchev–Trinajstić information content (AvgIpc) is 2.26. The Labute approximate surface area is 100 Å². The van der Waals surface area contributed by atoms with Gasteiger partial charge >= 0.3 is 5.69 Å². The summed E-state index contributed by atoms with van der Waals surface area (Å²) in [7, 11) is 0. The molecule has 0 spiro atoms. The Hall–Kier alpha value is -1.83. The van der Waals surface area contributed by atoms with Crippen LogP contribution in [-0.2, 0) is 11.3 Å². The van der Waals surface area contributed by atoms with Gasteiger partial charge in [-0.05, 0) is 6.92 Å². The quantitative estimate of drug-likeness (QED) is 0.579. The molecule has 1 N–H and O–H groups in total. The number of carbonyl (C=O) groups is 1. The molecule has 0 radical (unpaired) electrons. The van der Waals surface area contributed by atoms with Gasteiger partial charge in [-0.3, -0.25) is 14.2 Å². The van der Waals surface area contributed by atoms with Gasteiger partial charge in [0.15, 0.2) is 5.78 Å². The summed E-state index contributed by atoms with van der Waals surface area (Å²) >= 11 is 0. The summed E-state index contributed by atoms with van der Waals surface area (Å²) in [5.41, 5.74) is -1.64. The molecule has 0 saturated heterocycles. The lowest BCUT2D eigenvalue weighted by atomic mass is 10.2. The lowest BCUT2D eigenvalue weighted by molar-refractivity contribution is 0.0142. The van der Waals surface area contributed by atoms with Crippen molar-refractivity contribution in [2.45, 2.75) is 19.9 Å². The maximum atomic E-state index is 11.8. The zero-order chi connectivity index (χ0) is 13.7. The maximum Gasteiger partial charge on any atom is 0.328 e. The van der Waals surface area contributed by atoms with E-state index in [2.05, 4.69) is 9.72 Å². The normalized spacial score (nSPS) is 10.9. The zero-order valence-electron chi connectivity index (χ0n) is 9.61. The molecule has 6 nitrogen and oxygen atoms in total. The van der Waals surface area contributed by atoms with E-state index in [9.17, 15) is 23.2 Å². The van der Waals surface area contributed by atoms with Crippen molar-refractivity contribution < 1.29 is 18.3 Å². The minimum Gasteiger partial charge on any atom is -0.374 e. The van der Waals surface area contributed by atoms with E-state index in [0.29, 0.717) is 0 Å². The second-order valence-corrected chi connectivity index (χ2v) is 3.49. The van der Waals surface area contributed by atoms with Gasteiger partial charge in [-0.1, -0.05) is 0 Å². The molecule has 0 saturated carbocycles. The van der Waals surface area contributed by atoms with Crippen molar-refractivity contribution in [2.24, 2.45) is 0 Å². The number of aromatic nitrogens is 2. The SMILES string of the molecule is CC(=O)c1c[nH]c(=O)n(CCOCC(F)F)c1=O. The van der Waals surface area contributed by atoms with Gasteiger partial charge in [0.2, 0.25) is 0 Å². The van der Waals surface area contributed by atoms with Crippen LogP contribution in [0, 0.1) is 0 Å². The third kappa shape index (κ3) is 3.59. The van der Waals surface area contributed by atoms with Crippen LogP contribution in [0.5, 0.6) is 0 Å². The number of carbonyl (C=O) groups excluding carboxylic acids is 1. The molecule has 0 amide bonds. The number of hydrogen-bond acceptors (Lipinski definition) is 4. The van der Waals surface area contributed by atoms with Crippen molar-refractivity contribution in [3.05, 3.63) is 32.6 Å². The molecule has 18 heavy (non-hydrogen) atoms. The molecule has 0 aromatic carbocycles. The fraction of sp³-hybridized carbons (Fsp3) is 0.500. The molecule has 8 heteroatoms. The Morgan fingerprint density at radius 3 is 2.72 bits per heavy atom.